The van der Waals surface area contributed by atoms with Crippen LogP contribution < -0.4 is 5.73 Å². The lowest BCUT2D eigenvalue weighted by Gasteiger charge is -2.37. The summed E-state index contributed by atoms with van der Waals surface area (Å²) >= 11 is 6.48. The van der Waals surface area contributed by atoms with Crippen LogP contribution in [-0.2, 0) is 6.54 Å². The second-order valence-corrected chi connectivity index (χ2v) is 7.39. The smallest absolute Gasteiger partial charge is 0.327 e. The molecule has 0 spiro atoms. The molecule has 0 bridgehead atoms. The third-order valence-electron chi connectivity index (χ3n) is 4.89. The van der Waals surface area contributed by atoms with Crippen molar-refractivity contribution in [2.45, 2.75) is 25.2 Å². The van der Waals surface area contributed by atoms with Crippen molar-refractivity contribution in [1.82, 2.24) is 4.90 Å². The van der Waals surface area contributed by atoms with Gasteiger partial charge in [0.15, 0.2) is 0 Å². The summed E-state index contributed by atoms with van der Waals surface area (Å²) in [5, 5.41) is 9.19. The first kappa shape index (κ1) is 20.6. The summed E-state index contributed by atoms with van der Waals surface area (Å²) in [4.78, 5) is 1.65. The Bertz CT molecular complexity index is 907. The van der Waals surface area contributed by atoms with Gasteiger partial charge in [0, 0.05) is 31.2 Å². The molecule has 28 heavy (non-hydrogen) atoms. The summed E-state index contributed by atoms with van der Waals surface area (Å²) < 4.78 is 53.3. The molecule has 0 aromatic heterocycles. The lowest BCUT2D eigenvalue weighted by atomic mass is 9.93. The quantitative estimate of drug-likeness (QED) is 0.743. The molecular formula is C20H18ClF4N3. The molecule has 2 N–H and O–H groups in total. The van der Waals surface area contributed by atoms with Crippen LogP contribution in [-0.4, -0.2) is 30.2 Å². The van der Waals surface area contributed by atoms with Crippen LogP contribution >= 0.6 is 11.6 Å². The first-order chi connectivity index (χ1) is 13.2. The topological polar surface area (TPSA) is 53.0 Å². The van der Waals surface area contributed by atoms with Gasteiger partial charge < -0.3 is 5.73 Å². The third-order valence-corrected chi connectivity index (χ3v) is 5.34. The van der Waals surface area contributed by atoms with Crippen molar-refractivity contribution in [3.05, 3.63) is 58.4 Å². The van der Waals surface area contributed by atoms with Crippen LogP contribution in [0.1, 0.15) is 17.5 Å². The maximum atomic E-state index is 13.9. The van der Waals surface area contributed by atoms with Gasteiger partial charge in [-0.2, -0.15) is 18.4 Å². The van der Waals surface area contributed by atoms with E-state index in [9.17, 15) is 17.6 Å². The Kier molecular flexibility index (Phi) is 5.94. The number of nitriles is 1. The molecule has 148 valence electrons. The van der Waals surface area contributed by atoms with E-state index >= 15 is 0 Å². The highest BCUT2D eigenvalue weighted by Crippen LogP contribution is 2.35. The van der Waals surface area contributed by atoms with Gasteiger partial charge >= 0.3 is 6.18 Å². The average Bonchev–Trinajstić information content (AvgIpc) is 2.62. The van der Waals surface area contributed by atoms with E-state index in [2.05, 4.69) is 0 Å². The van der Waals surface area contributed by atoms with Crippen LogP contribution in [0.3, 0.4) is 0 Å². The standard InChI is InChI=1S/C20H18ClF4N3/c21-19-14(9-28-10-15(20(23,24)25)7-16(27)11-28)2-1-3-17(19)12-4-5-13(8-26)18(22)6-12/h1-6,15-16H,7,9-11,27H2/t15-,16+/m0/s1. The molecule has 0 aliphatic carbocycles. The summed E-state index contributed by atoms with van der Waals surface area (Å²) in [6.07, 6.45) is -4.37. The van der Waals surface area contributed by atoms with Gasteiger partial charge in [-0.25, -0.2) is 4.39 Å². The van der Waals surface area contributed by atoms with Crippen LogP contribution in [0, 0.1) is 23.1 Å². The molecule has 1 heterocycles. The van der Waals surface area contributed by atoms with Gasteiger partial charge in [-0.1, -0.05) is 35.9 Å². The Hall–Kier alpha value is -2.14. The molecule has 0 saturated carbocycles. The van der Waals surface area contributed by atoms with Gasteiger partial charge in [-0.15, -0.1) is 0 Å². The minimum Gasteiger partial charge on any atom is -0.327 e. The predicted molar refractivity (Wildman–Crippen MR) is 99.0 cm³/mol. The molecule has 2 aromatic rings. The van der Waals surface area contributed by atoms with E-state index in [-0.39, 0.29) is 25.1 Å². The van der Waals surface area contributed by atoms with Crippen LogP contribution in [0.5, 0.6) is 0 Å². The predicted octanol–water partition coefficient (Wildman–Crippen LogP) is 4.73. The van der Waals surface area contributed by atoms with E-state index < -0.39 is 24.0 Å². The van der Waals surface area contributed by atoms with E-state index in [0.29, 0.717) is 28.3 Å². The van der Waals surface area contributed by atoms with Crippen molar-refractivity contribution in [1.29, 1.82) is 5.26 Å². The molecule has 1 aliphatic heterocycles. The number of hydrogen-bond acceptors (Lipinski definition) is 3. The Morgan fingerprint density at radius 1 is 1.21 bits per heavy atom. The van der Waals surface area contributed by atoms with Crippen LogP contribution in [0.15, 0.2) is 36.4 Å². The fourth-order valence-corrected chi connectivity index (χ4v) is 3.83. The second kappa shape index (κ2) is 8.08. The van der Waals surface area contributed by atoms with Crippen LogP contribution in [0.25, 0.3) is 11.1 Å². The highest BCUT2D eigenvalue weighted by atomic mass is 35.5. The number of nitrogens with zero attached hydrogens (tertiary/aromatic N) is 2. The molecule has 2 aromatic carbocycles. The van der Waals surface area contributed by atoms with E-state index in [1.54, 1.807) is 35.2 Å². The van der Waals surface area contributed by atoms with E-state index in [4.69, 9.17) is 22.6 Å². The summed E-state index contributed by atoms with van der Waals surface area (Å²) in [6.45, 7) is 0.424. The molecule has 3 nitrogen and oxygen atoms in total. The lowest BCUT2D eigenvalue weighted by molar-refractivity contribution is -0.188. The van der Waals surface area contributed by atoms with Gasteiger partial charge in [0.2, 0.25) is 0 Å². The Labute approximate surface area is 165 Å². The van der Waals surface area contributed by atoms with Crippen LogP contribution in [0.4, 0.5) is 17.6 Å². The van der Waals surface area contributed by atoms with Gasteiger partial charge in [0.1, 0.15) is 11.9 Å². The molecule has 1 aliphatic rings. The number of benzene rings is 2. The zero-order chi connectivity index (χ0) is 20.5. The number of hydrogen-bond donors (Lipinski definition) is 1. The maximum absolute atomic E-state index is 13.9. The van der Waals surface area contributed by atoms with E-state index in [1.807, 2.05) is 0 Å². The van der Waals surface area contributed by atoms with Crippen LogP contribution in [0.2, 0.25) is 5.02 Å². The fraction of sp³-hybridized carbons (Fsp3) is 0.350. The van der Waals surface area contributed by atoms with Crippen molar-refractivity contribution in [3.8, 4) is 17.2 Å². The van der Waals surface area contributed by atoms with E-state index in [0.717, 1.165) is 0 Å². The monoisotopic (exact) mass is 411 g/mol. The summed E-state index contributed by atoms with van der Waals surface area (Å²) in [7, 11) is 0. The van der Waals surface area contributed by atoms with Gasteiger partial charge in [0.05, 0.1) is 16.5 Å². The first-order valence-electron chi connectivity index (χ1n) is 8.71. The van der Waals surface area contributed by atoms with Crippen molar-refractivity contribution < 1.29 is 17.6 Å². The molecule has 1 fully saturated rings. The third kappa shape index (κ3) is 4.46. The number of rotatable bonds is 3. The second-order valence-electron chi connectivity index (χ2n) is 7.01. The largest absolute Gasteiger partial charge is 0.393 e. The van der Waals surface area contributed by atoms with Gasteiger partial charge in [-0.3, -0.25) is 4.90 Å². The zero-order valence-electron chi connectivity index (χ0n) is 14.8. The van der Waals surface area contributed by atoms with E-state index in [1.165, 1.54) is 12.1 Å². The lowest BCUT2D eigenvalue weighted by Crippen LogP contribution is -2.50. The minimum absolute atomic E-state index is 0.0727. The molecule has 0 unspecified atom stereocenters. The van der Waals surface area contributed by atoms with Crippen molar-refractivity contribution >= 4 is 11.6 Å². The normalized spacial score (nSPS) is 20.8. The summed E-state index contributed by atoms with van der Waals surface area (Å²) in [5.41, 5.74) is 7.44. The van der Waals surface area contributed by atoms with Gasteiger partial charge in [0.25, 0.3) is 0 Å². The minimum atomic E-state index is -4.29. The Morgan fingerprint density at radius 2 is 1.96 bits per heavy atom. The number of alkyl halides is 3. The Balaban J connectivity index is 1.85. The summed E-state index contributed by atoms with van der Waals surface area (Å²) in [5.74, 6) is -2.12. The number of halogens is 5. The van der Waals surface area contributed by atoms with Crippen molar-refractivity contribution in [2.24, 2.45) is 11.7 Å². The molecule has 2 atom stereocenters. The van der Waals surface area contributed by atoms with Crippen molar-refractivity contribution in [2.75, 3.05) is 13.1 Å². The first-order valence-corrected chi connectivity index (χ1v) is 9.09. The Morgan fingerprint density at radius 3 is 2.61 bits per heavy atom. The number of likely N-dealkylation sites (tertiary alicyclic amines) is 1. The van der Waals surface area contributed by atoms with Crippen molar-refractivity contribution in [3.63, 3.8) is 0 Å². The summed E-state index contributed by atoms with van der Waals surface area (Å²) in [6, 6.07) is 10.5. The molecule has 1 saturated heterocycles. The number of nitrogens with two attached hydrogens (primary N) is 1. The van der Waals surface area contributed by atoms with Gasteiger partial charge in [-0.05, 0) is 29.7 Å². The average molecular weight is 412 g/mol. The zero-order valence-corrected chi connectivity index (χ0v) is 15.6. The SMILES string of the molecule is N#Cc1ccc(-c2cccc(CN3C[C@H](N)C[C@H](C(F)(F)F)C3)c2Cl)cc1F. The molecule has 3 rings (SSSR count). The fourth-order valence-electron chi connectivity index (χ4n) is 3.54. The highest BCUT2D eigenvalue weighted by molar-refractivity contribution is 6.34. The molecule has 0 radical (unpaired) electrons. The number of piperidine rings is 1. The molecule has 8 heteroatoms. The maximum Gasteiger partial charge on any atom is 0.393 e. The molecular weight excluding hydrogens is 394 g/mol. The molecule has 0 amide bonds. The highest BCUT2D eigenvalue weighted by Gasteiger charge is 2.43.